The Labute approximate surface area is 266 Å². The zero-order valence-corrected chi connectivity index (χ0v) is 27.7. The van der Waals surface area contributed by atoms with Gasteiger partial charge >= 0.3 is 12.1 Å². The SMILES string of the molecule is COC(=O)C1CCCCCc2cc(ccc2OC)C(N(C)C(=O)C(N)CCCCNC(=O)OC(C)(C)C)C(=O)NC(C)C(=O)N1. The van der Waals surface area contributed by atoms with Crippen molar-refractivity contribution in [2.45, 2.75) is 109 Å². The fourth-order valence-electron chi connectivity index (χ4n) is 5.11. The fraction of sp³-hybridized carbons (Fsp3) is 0.656. The second-order valence-corrected chi connectivity index (χ2v) is 12.4. The molecule has 2 bridgehead atoms. The van der Waals surface area contributed by atoms with E-state index in [1.807, 2.05) is 6.07 Å². The van der Waals surface area contributed by atoms with Crippen LogP contribution in [-0.4, -0.2) is 86.2 Å². The number of unbranched alkanes of at least 4 members (excludes halogenated alkanes) is 1. The minimum Gasteiger partial charge on any atom is -0.496 e. The van der Waals surface area contributed by atoms with Crippen molar-refractivity contribution in [3.8, 4) is 5.75 Å². The number of nitrogens with one attached hydrogen (secondary N) is 3. The number of amides is 4. The van der Waals surface area contributed by atoms with Gasteiger partial charge in [0.05, 0.1) is 20.3 Å². The second-order valence-electron chi connectivity index (χ2n) is 12.4. The minimum absolute atomic E-state index is 0.328. The van der Waals surface area contributed by atoms with Crippen molar-refractivity contribution < 1.29 is 38.2 Å². The first-order valence-electron chi connectivity index (χ1n) is 15.5. The summed E-state index contributed by atoms with van der Waals surface area (Å²) in [5.74, 6) is -1.48. The number of hydrogen-bond acceptors (Lipinski definition) is 9. The molecule has 0 radical (unpaired) electrons. The van der Waals surface area contributed by atoms with E-state index in [-0.39, 0.29) is 0 Å². The van der Waals surface area contributed by atoms with Gasteiger partial charge in [0.15, 0.2) is 0 Å². The zero-order valence-electron chi connectivity index (χ0n) is 27.7. The quantitative estimate of drug-likeness (QED) is 0.235. The van der Waals surface area contributed by atoms with Crippen LogP contribution in [0.1, 0.15) is 89.8 Å². The Morgan fingerprint density at radius 3 is 2.42 bits per heavy atom. The maximum absolute atomic E-state index is 13.8. The topological polar surface area (TPSA) is 178 Å². The smallest absolute Gasteiger partial charge is 0.407 e. The van der Waals surface area contributed by atoms with Gasteiger partial charge in [0.25, 0.3) is 0 Å². The number of carbonyl (C=O) groups excluding carboxylic acids is 5. The first-order valence-corrected chi connectivity index (χ1v) is 15.5. The summed E-state index contributed by atoms with van der Waals surface area (Å²) >= 11 is 0. The molecule has 0 fully saturated rings. The van der Waals surface area contributed by atoms with Gasteiger partial charge in [0, 0.05) is 13.6 Å². The Hall–Kier alpha value is -3.87. The lowest BCUT2D eigenvalue weighted by Crippen LogP contribution is -2.53. The van der Waals surface area contributed by atoms with Crippen LogP contribution in [0.3, 0.4) is 0 Å². The van der Waals surface area contributed by atoms with Crippen molar-refractivity contribution in [1.29, 1.82) is 0 Å². The van der Waals surface area contributed by atoms with Crippen LogP contribution >= 0.6 is 0 Å². The molecule has 1 aromatic carbocycles. The lowest BCUT2D eigenvalue weighted by Gasteiger charge is -2.31. The Morgan fingerprint density at radius 2 is 1.78 bits per heavy atom. The third-order valence-corrected chi connectivity index (χ3v) is 7.52. The van der Waals surface area contributed by atoms with Crippen molar-refractivity contribution in [3.05, 3.63) is 29.3 Å². The molecule has 2 rings (SSSR count). The minimum atomic E-state index is -1.10. The van der Waals surface area contributed by atoms with Crippen LogP contribution in [-0.2, 0) is 35.1 Å². The number of benzene rings is 1. The van der Waals surface area contributed by atoms with Crippen LogP contribution in [0.4, 0.5) is 4.79 Å². The average Bonchev–Trinajstić information content (AvgIpc) is 2.98. The van der Waals surface area contributed by atoms with Gasteiger partial charge in [0.1, 0.15) is 29.5 Å². The van der Waals surface area contributed by atoms with E-state index >= 15 is 0 Å². The van der Waals surface area contributed by atoms with Gasteiger partial charge in [-0.05, 0) is 89.5 Å². The Morgan fingerprint density at radius 1 is 1.07 bits per heavy atom. The van der Waals surface area contributed by atoms with Crippen LogP contribution in [0, 0.1) is 0 Å². The molecule has 1 aliphatic rings. The highest BCUT2D eigenvalue weighted by Crippen LogP contribution is 2.29. The van der Waals surface area contributed by atoms with E-state index in [0.29, 0.717) is 56.4 Å². The lowest BCUT2D eigenvalue weighted by atomic mass is 9.97. The first-order chi connectivity index (χ1) is 21.2. The Kier molecular flexibility index (Phi) is 14.6. The fourth-order valence-corrected chi connectivity index (χ4v) is 5.11. The van der Waals surface area contributed by atoms with E-state index in [2.05, 4.69) is 16.0 Å². The molecular weight excluding hydrogens is 582 g/mol. The monoisotopic (exact) mass is 633 g/mol. The maximum Gasteiger partial charge on any atom is 0.407 e. The molecule has 5 N–H and O–H groups in total. The number of carbonyl (C=O) groups is 5. The number of esters is 1. The summed E-state index contributed by atoms with van der Waals surface area (Å²) in [6, 6.07) is 1.48. The van der Waals surface area contributed by atoms with E-state index < -0.39 is 59.6 Å². The number of nitrogens with two attached hydrogens (primary N) is 1. The van der Waals surface area contributed by atoms with Gasteiger partial charge in [-0.2, -0.15) is 0 Å². The number of aryl methyl sites for hydroxylation is 1. The van der Waals surface area contributed by atoms with Crippen molar-refractivity contribution in [2.24, 2.45) is 5.73 Å². The van der Waals surface area contributed by atoms with Crippen molar-refractivity contribution >= 4 is 29.8 Å². The summed E-state index contributed by atoms with van der Waals surface area (Å²) in [4.78, 5) is 65.8. The van der Waals surface area contributed by atoms with Crippen LogP contribution < -0.4 is 26.4 Å². The second kappa shape index (κ2) is 17.6. The van der Waals surface area contributed by atoms with Gasteiger partial charge in [-0.25, -0.2) is 9.59 Å². The van der Waals surface area contributed by atoms with Gasteiger partial charge in [0.2, 0.25) is 17.7 Å². The molecule has 0 spiro atoms. The Balaban J connectivity index is 2.24. The van der Waals surface area contributed by atoms with Crippen LogP contribution in [0.5, 0.6) is 5.75 Å². The molecule has 0 saturated heterocycles. The van der Waals surface area contributed by atoms with E-state index in [9.17, 15) is 24.0 Å². The third-order valence-electron chi connectivity index (χ3n) is 7.52. The molecule has 0 aromatic heterocycles. The summed E-state index contributed by atoms with van der Waals surface area (Å²) < 4.78 is 15.7. The maximum atomic E-state index is 13.8. The highest BCUT2D eigenvalue weighted by atomic mass is 16.6. The molecule has 4 atom stereocenters. The molecule has 1 aromatic rings. The number of nitrogens with zero attached hydrogens (tertiary/aromatic N) is 1. The highest BCUT2D eigenvalue weighted by molar-refractivity contribution is 5.94. The molecular formula is C32H51N5O8. The summed E-state index contributed by atoms with van der Waals surface area (Å²) in [6.07, 6.45) is 4.22. The third kappa shape index (κ3) is 11.9. The molecule has 0 aliphatic carbocycles. The Bertz CT molecular complexity index is 1180. The van der Waals surface area contributed by atoms with Gasteiger partial charge in [-0.15, -0.1) is 0 Å². The number of ether oxygens (including phenoxy) is 3. The summed E-state index contributed by atoms with van der Waals surface area (Å²) in [6.45, 7) is 7.21. The molecule has 13 heteroatoms. The molecule has 0 saturated carbocycles. The van der Waals surface area contributed by atoms with Crippen molar-refractivity contribution in [1.82, 2.24) is 20.9 Å². The molecule has 4 amide bonds. The number of hydrogen-bond donors (Lipinski definition) is 4. The lowest BCUT2D eigenvalue weighted by molar-refractivity contribution is -0.146. The predicted molar refractivity (Wildman–Crippen MR) is 168 cm³/mol. The van der Waals surface area contributed by atoms with Crippen LogP contribution in [0.25, 0.3) is 0 Å². The average molecular weight is 634 g/mol. The largest absolute Gasteiger partial charge is 0.496 e. The van der Waals surface area contributed by atoms with Gasteiger partial charge < -0.3 is 40.8 Å². The molecule has 45 heavy (non-hydrogen) atoms. The number of methoxy groups -OCH3 is 2. The summed E-state index contributed by atoms with van der Waals surface area (Å²) in [7, 11) is 4.34. The molecule has 4 unspecified atom stereocenters. The number of likely N-dealkylation sites (N-methyl/N-ethyl adjacent to an activating group) is 1. The van der Waals surface area contributed by atoms with Crippen molar-refractivity contribution in [3.63, 3.8) is 0 Å². The molecule has 1 aliphatic heterocycles. The van der Waals surface area contributed by atoms with Crippen molar-refractivity contribution in [2.75, 3.05) is 27.8 Å². The summed E-state index contributed by atoms with van der Waals surface area (Å²) in [5.41, 5.74) is 7.11. The van der Waals surface area contributed by atoms with E-state index in [1.54, 1.807) is 40.0 Å². The predicted octanol–water partition coefficient (Wildman–Crippen LogP) is 2.50. The zero-order chi connectivity index (χ0) is 33.7. The highest BCUT2D eigenvalue weighted by Gasteiger charge is 2.34. The number of fused-ring (bicyclic) bond motifs is 2. The molecule has 13 nitrogen and oxygen atoms in total. The molecule has 252 valence electrons. The normalized spacial score (nSPS) is 20.3. The van der Waals surface area contributed by atoms with Gasteiger partial charge in [-0.3, -0.25) is 14.4 Å². The van der Waals surface area contributed by atoms with E-state index in [0.717, 1.165) is 18.4 Å². The van der Waals surface area contributed by atoms with Crippen LogP contribution in [0.2, 0.25) is 0 Å². The number of alkyl carbamates (subject to hydrolysis) is 1. The molecule has 1 heterocycles. The van der Waals surface area contributed by atoms with E-state index in [4.69, 9.17) is 19.9 Å². The standard InChI is InChI=1S/C32H51N5O8/c1-20-27(38)36-24(30(41)44-7)15-10-8-9-13-21-19-22(16-17-25(21)43-6)26(28(39)35-20)37(5)29(40)23(33)14-11-12-18-34-31(42)45-32(2,3)4/h16-17,19-20,23-24,26H,8-15,18,33H2,1-7H3,(H,34,42)(H,35,39)(H,36,38). The number of rotatable bonds is 9. The summed E-state index contributed by atoms with van der Waals surface area (Å²) in [5, 5.41) is 8.07. The van der Waals surface area contributed by atoms with Gasteiger partial charge in [-0.1, -0.05) is 18.9 Å². The van der Waals surface area contributed by atoms with Crippen LogP contribution in [0.15, 0.2) is 18.2 Å². The first kappa shape index (κ1) is 37.3. The van der Waals surface area contributed by atoms with E-state index in [1.165, 1.54) is 26.0 Å².